The molecule has 1 aliphatic heterocycles. The third kappa shape index (κ3) is 3.25. The van der Waals surface area contributed by atoms with Crippen molar-refractivity contribution >= 4 is 33.4 Å². The van der Waals surface area contributed by atoms with Crippen molar-refractivity contribution in [1.82, 2.24) is 9.78 Å². The van der Waals surface area contributed by atoms with Gasteiger partial charge in [-0.25, -0.2) is 4.68 Å². The van der Waals surface area contributed by atoms with Crippen LogP contribution >= 0.6 is 27.7 Å². The van der Waals surface area contributed by atoms with Gasteiger partial charge in [0, 0.05) is 18.8 Å². The van der Waals surface area contributed by atoms with E-state index in [1.165, 1.54) is 29.7 Å². The lowest BCUT2D eigenvalue weighted by Crippen LogP contribution is -2.24. The van der Waals surface area contributed by atoms with Gasteiger partial charge in [0.1, 0.15) is 4.47 Å². The van der Waals surface area contributed by atoms with Gasteiger partial charge in [-0.3, -0.25) is 4.79 Å². The van der Waals surface area contributed by atoms with Crippen LogP contribution in [0.3, 0.4) is 0 Å². The Labute approximate surface area is 113 Å². The van der Waals surface area contributed by atoms with Crippen LogP contribution in [0.1, 0.15) is 19.3 Å². The highest BCUT2D eigenvalue weighted by molar-refractivity contribution is 9.10. The summed E-state index contributed by atoms with van der Waals surface area (Å²) in [6.45, 7) is 0.901. The molecule has 0 aromatic carbocycles. The molecular weight excluding hydrogens is 302 g/mol. The Balaban J connectivity index is 1.99. The maximum atomic E-state index is 11.6. The molecule has 1 atom stereocenters. The fourth-order valence-corrected chi connectivity index (χ4v) is 3.56. The van der Waals surface area contributed by atoms with E-state index in [-0.39, 0.29) is 5.56 Å². The molecule has 1 fully saturated rings. The summed E-state index contributed by atoms with van der Waals surface area (Å²) >= 11 is 5.33. The zero-order valence-electron chi connectivity index (χ0n) is 9.78. The number of nitrogens with one attached hydrogen (secondary N) is 1. The molecule has 0 radical (unpaired) electrons. The van der Waals surface area contributed by atoms with E-state index in [1.807, 2.05) is 11.8 Å². The summed E-state index contributed by atoms with van der Waals surface area (Å²) in [7, 11) is 1.65. The van der Waals surface area contributed by atoms with Crippen LogP contribution < -0.4 is 10.9 Å². The quantitative estimate of drug-likeness (QED) is 0.928. The lowest BCUT2D eigenvalue weighted by molar-refractivity contribution is 0.674. The maximum Gasteiger partial charge on any atom is 0.282 e. The summed E-state index contributed by atoms with van der Waals surface area (Å²) < 4.78 is 1.89. The molecule has 0 amide bonds. The summed E-state index contributed by atoms with van der Waals surface area (Å²) in [5.74, 6) is 1.25. The van der Waals surface area contributed by atoms with Crippen LogP contribution in [-0.2, 0) is 7.05 Å². The first-order chi connectivity index (χ1) is 8.18. The largest absolute Gasteiger partial charge is 0.382 e. The molecule has 0 saturated carbocycles. The van der Waals surface area contributed by atoms with Crippen molar-refractivity contribution in [3.05, 3.63) is 21.0 Å². The fraction of sp³-hybridized carbons (Fsp3) is 0.636. The van der Waals surface area contributed by atoms with E-state index in [0.29, 0.717) is 9.72 Å². The predicted molar refractivity (Wildman–Crippen MR) is 75.8 cm³/mol. The van der Waals surface area contributed by atoms with E-state index in [2.05, 4.69) is 26.3 Å². The Bertz CT molecular complexity index is 443. The SMILES string of the molecule is Cn1ncc(NCC2CCCCS2)c(Br)c1=O. The lowest BCUT2D eigenvalue weighted by atomic mass is 10.2. The van der Waals surface area contributed by atoms with Gasteiger partial charge in [-0.2, -0.15) is 16.9 Å². The van der Waals surface area contributed by atoms with Gasteiger partial charge in [0.25, 0.3) is 5.56 Å². The molecular formula is C11H16BrN3OS. The summed E-state index contributed by atoms with van der Waals surface area (Å²) in [5.41, 5.74) is 0.686. The standard InChI is InChI=1S/C11H16BrN3OS/c1-15-11(16)10(12)9(7-14-15)13-6-8-4-2-3-5-17-8/h7-8,13H,2-6H2,1H3. The molecule has 94 valence electrons. The topological polar surface area (TPSA) is 46.9 Å². The molecule has 1 aromatic heterocycles. The number of hydrogen-bond donors (Lipinski definition) is 1. The highest BCUT2D eigenvalue weighted by Crippen LogP contribution is 2.26. The molecule has 17 heavy (non-hydrogen) atoms. The average Bonchev–Trinajstić information content (AvgIpc) is 2.36. The Hall–Kier alpha value is -0.490. The molecule has 1 aromatic rings. The van der Waals surface area contributed by atoms with Crippen LogP contribution in [0.5, 0.6) is 0 Å². The minimum atomic E-state index is -0.105. The number of halogens is 1. The minimum absolute atomic E-state index is 0.105. The van der Waals surface area contributed by atoms with Crippen molar-refractivity contribution in [2.24, 2.45) is 7.05 Å². The Morgan fingerprint density at radius 1 is 1.65 bits per heavy atom. The third-order valence-corrected chi connectivity index (χ3v) is 5.04. The Kier molecular flexibility index (Phi) is 4.50. The van der Waals surface area contributed by atoms with Gasteiger partial charge >= 0.3 is 0 Å². The maximum absolute atomic E-state index is 11.6. The Morgan fingerprint density at radius 2 is 2.47 bits per heavy atom. The molecule has 0 spiro atoms. The highest BCUT2D eigenvalue weighted by Gasteiger charge is 2.14. The van der Waals surface area contributed by atoms with Crippen LogP contribution in [0.15, 0.2) is 15.5 Å². The smallest absolute Gasteiger partial charge is 0.282 e. The minimum Gasteiger partial charge on any atom is -0.382 e. The second-order valence-corrected chi connectivity index (χ2v) is 6.37. The van der Waals surface area contributed by atoms with Crippen molar-refractivity contribution in [3.8, 4) is 0 Å². The van der Waals surface area contributed by atoms with Gasteiger partial charge in [-0.1, -0.05) is 6.42 Å². The normalized spacial score (nSPS) is 20.2. The van der Waals surface area contributed by atoms with Gasteiger partial charge in [0.15, 0.2) is 0 Å². The first-order valence-corrected chi connectivity index (χ1v) is 7.60. The number of thioether (sulfide) groups is 1. The second kappa shape index (κ2) is 5.91. The summed E-state index contributed by atoms with van der Waals surface area (Å²) in [6.07, 6.45) is 5.60. The van der Waals surface area contributed by atoms with E-state index < -0.39 is 0 Å². The van der Waals surface area contributed by atoms with Gasteiger partial charge in [-0.15, -0.1) is 0 Å². The van der Waals surface area contributed by atoms with Gasteiger partial charge in [0.05, 0.1) is 11.9 Å². The number of nitrogens with zero attached hydrogens (tertiary/aromatic N) is 2. The molecule has 2 rings (SSSR count). The number of anilines is 1. The number of aromatic nitrogens is 2. The molecule has 1 aliphatic rings. The monoisotopic (exact) mass is 317 g/mol. The highest BCUT2D eigenvalue weighted by atomic mass is 79.9. The van der Waals surface area contributed by atoms with E-state index in [4.69, 9.17) is 0 Å². The summed E-state index contributed by atoms with van der Waals surface area (Å²) in [4.78, 5) is 11.6. The molecule has 1 N–H and O–H groups in total. The van der Waals surface area contributed by atoms with Crippen LogP contribution in [0.4, 0.5) is 5.69 Å². The van der Waals surface area contributed by atoms with Crippen molar-refractivity contribution < 1.29 is 0 Å². The lowest BCUT2D eigenvalue weighted by Gasteiger charge is -2.22. The number of aryl methyl sites for hydroxylation is 1. The van der Waals surface area contributed by atoms with Gasteiger partial charge in [-0.05, 0) is 34.5 Å². The third-order valence-electron chi connectivity index (χ3n) is 2.87. The van der Waals surface area contributed by atoms with E-state index in [0.717, 1.165) is 12.2 Å². The van der Waals surface area contributed by atoms with Crippen LogP contribution in [-0.4, -0.2) is 27.3 Å². The van der Waals surface area contributed by atoms with Crippen LogP contribution in [0, 0.1) is 0 Å². The van der Waals surface area contributed by atoms with Crippen molar-refractivity contribution in [2.45, 2.75) is 24.5 Å². The first kappa shape index (κ1) is 13.0. The van der Waals surface area contributed by atoms with Crippen molar-refractivity contribution in [3.63, 3.8) is 0 Å². The molecule has 1 unspecified atom stereocenters. The number of hydrogen-bond acceptors (Lipinski definition) is 4. The predicted octanol–water partition coefficient (Wildman–Crippen LogP) is 2.24. The first-order valence-electron chi connectivity index (χ1n) is 5.76. The molecule has 0 bridgehead atoms. The molecule has 0 aliphatic carbocycles. The Morgan fingerprint density at radius 3 is 3.18 bits per heavy atom. The van der Waals surface area contributed by atoms with E-state index in [1.54, 1.807) is 13.2 Å². The van der Waals surface area contributed by atoms with E-state index >= 15 is 0 Å². The fourth-order valence-electron chi connectivity index (χ4n) is 1.83. The molecule has 1 saturated heterocycles. The zero-order chi connectivity index (χ0) is 12.3. The average molecular weight is 318 g/mol. The molecule has 4 nitrogen and oxygen atoms in total. The number of rotatable bonds is 3. The van der Waals surface area contributed by atoms with Crippen molar-refractivity contribution in [2.75, 3.05) is 17.6 Å². The van der Waals surface area contributed by atoms with Crippen LogP contribution in [0.25, 0.3) is 0 Å². The summed E-state index contributed by atoms with van der Waals surface area (Å²) in [5, 5.41) is 7.97. The van der Waals surface area contributed by atoms with Crippen LogP contribution in [0.2, 0.25) is 0 Å². The molecule has 2 heterocycles. The van der Waals surface area contributed by atoms with Gasteiger partial charge in [0.2, 0.25) is 0 Å². The molecule has 6 heteroatoms. The summed E-state index contributed by atoms with van der Waals surface area (Å²) in [6, 6.07) is 0. The van der Waals surface area contributed by atoms with Gasteiger partial charge < -0.3 is 5.32 Å². The second-order valence-electron chi connectivity index (χ2n) is 4.17. The van der Waals surface area contributed by atoms with Crippen molar-refractivity contribution in [1.29, 1.82) is 0 Å². The zero-order valence-corrected chi connectivity index (χ0v) is 12.2. The van der Waals surface area contributed by atoms with E-state index in [9.17, 15) is 4.79 Å².